The Labute approximate surface area is 381 Å². The summed E-state index contributed by atoms with van der Waals surface area (Å²) in [6.07, 6.45) is 0. The van der Waals surface area contributed by atoms with Crippen LogP contribution in [0.15, 0.2) is 234 Å². The van der Waals surface area contributed by atoms with Crippen molar-refractivity contribution in [1.29, 1.82) is 0 Å². The van der Waals surface area contributed by atoms with Crippen molar-refractivity contribution in [2.75, 3.05) is 4.90 Å². The van der Waals surface area contributed by atoms with Crippen LogP contribution in [0.2, 0.25) is 0 Å². The van der Waals surface area contributed by atoms with Gasteiger partial charge in [0.25, 0.3) is 0 Å². The zero-order chi connectivity index (χ0) is 57.7. The molecular formula is C58H38N2O. The van der Waals surface area contributed by atoms with E-state index in [1.54, 1.807) is 36.4 Å². The summed E-state index contributed by atoms with van der Waals surface area (Å²) in [7, 11) is 0. The van der Waals surface area contributed by atoms with Crippen molar-refractivity contribution in [1.82, 2.24) is 4.57 Å². The molecule has 3 nitrogen and oxygen atoms in total. The van der Waals surface area contributed by atoms with Gasteiger partial charge in [-0.15, -0.1) is 0 Å². The van der Waals surface area contributed by atoms with Gasteiger partial charge >= 0.3 is 0 Å². The zero-order valence-electron chi connectivity index (χ0n) is 51.7. The minimum absolute atomic E-state index is 0.0619. The summed E-state index contributed by atoms with van der Waals surface area (Å²) in [4.78, 5) is 1.00. The van der Waals surface area contributed by atoms with Crippen molar-refractivity contribution in [2.24, 2.45) is 0 Å². The van der Waals surface area contributed by atoms with E-state index in [1.807, 2.05) is 72.8 Å². The number of fused-ring (bicyclic) bond motifs is 7. The lowest BCUT2D eigenvalue weighted by atomic mass is 9.97. The minimum atomic E-state index is -0.919. The van der Waals surface area contributed by atoms with Crippen molar-refractivity contribution in [2.45, 2.75) is 0 Å². The van der Waals surface area contributed by atoms with E-state index in [0.717, 1.165) is 32.4 Å². The van der Waals surface area contributed by atoms with E-state index in [2.05, 4.69) is 4.57 Å². The molecule has 12 rings (SSSR count). The van der Waals surface area contributed by atoms with E-state index in [9.17, 15) is 11.0 Å². The van der Waals surface area contributed by atoms with Gasteiger partial charge in [-0.1, -0.05) is 163 Å². The second-order valence-corrected chi connectivity index (χ2v) is 14.2. The second kappa shape index (κ2) is 14.3. The van der Waals surface area contributed by atoms with E-state index < -0.39 is 165 Å². The van der Waals surface area contributed by atoms with Crippen LogP contribution in [0.4, 0.5) is 17.1 Å². The van der Waals surface area contributed by atoms with Crippen molar-refractivity contribution < 1.29 is 31.8 Å². The molecule has 0 bridgehead atoms. The van der Waals surface area contributed by atoms with E-state index in [0.29, 0.717) is 33.1 Å². The molecule has 0 fully saturated rings. The molecule has 2 aromatic heterocycles. The number of hydrogen-bond donors (Lipinski definition) is 0. The Morgan fingerprint density at radius 2 is 0.984 bits per heavy atom. The molecule has 10 aromatic carbocycles. The van der Waals surface area contributed by atoms with Gasteiger partial charge in [-0.25, -0.2) is 0 Å². The number of hydrogen-bond acceptors (Lipinski definition) is 2. The third kappa shape index (κ3) is 5.90. The van der Waals surface area contributed by atoms with E-state index >= 15 is 0 Å². The monoisotopic (exact) mass is 798 g/mol. The largest absolute Gasteiger partial charge is 0.455 e. The Balaban J connectivity index is 1.17. The van der Waals surface area contributed by atoms with Gasteiger partial charge in [-0.3, -0.25) is 0 Å². The van der Waals surface area contributed by atoms with E-state index in [1.165, 1.54) is 0 Å². The van der Waals surface area contributed by atoms with Crippen LogP contribution in [0.3, 0.4) is 0 Å². The van der Waals surface area contributed by atoms with Crippen LogP contribution < -0.4 is 4.90 Å². The lowest BCUT2D eigenvalue weighted by molar-refractivity contribution is 0.670. The summed E-state index contributed by atoms with van der Waals surface area (Å²) >= 11 is 0. The number of para-hydroxylation sites is 3. The quantitative estimate of drug-likeness (QED) is 0.160. The first kappa shape index (κ1) is 20.2. The summed E-state index contributed by atoms with van der Waals surface area (Å²) in [5.74, 6) is 0. The molecule has 0 aliphatic heterocycles. The summed E-state index contributed by atoms with van der Waals surface area (Å²) < 4.78 is 190. The minimum Gasteiger partial charge on any atom is -0.455 e. The van der Waals surface area contributed by atoms with Gasteiger partial charge in [-0.2, -0.15) is 0 Å². The van der Waals surface area contributed by atoms with E-state index in [4.69, 9.17) is 20.9 Å². The Morgan fingerprint density at radius 1 is 0.393 bits per heavy atom. The van der Waals surface area contributed by atoms with Crippen LogP contribution in [0, 0.1) is 0 Å². The van der Waals surface area contributed by atoms with Gasteiger partial charge in [0, 0.05) is 49.9 Å². The van der Waals surface area contributed by atoms with Crippen molar-refractivity contribution in [3.05, 3.63) is 230 Å². The van der Waals surface area contributed by atoms with Crippen LogP contribution in [-0.2, 0) is 0 Å². The molecular weight excluding hydrogens is 741 g/mol. The lowest BCUT2D eigenvalue weighted by Gasteiger charge is -2.27. The third-order valence-electron chi connectivity index (χ3n) is 10.7. The highest BCUT2D eigenvalue weighted by molar-refractivity contribution is 6.12. The fourth-order valence-corrected chi connectivity index (χ4v) is 7.98. The van der Waals surface area contributed by atoms with E-state index in [-0.39, 0.29) is 5.69 Å². The molecule has 0 spiro atoms. The van der Waals surface area contributed by atoms with Gasteiger partial charge in [0.05, 0.1) is 38.4 Å². The maximum absolute atomic E-state index is 9.86. The van der Waals surface area contributed by atoms with Crippen LogP contribution in [0.1, 0.15) is 27.4 Å². The standard InChI is InChI=1S/C58H38N2O/c1-2-13-39(14-3-1)40-25-31-44(32-26-40)59(45-33-27-42(28-34-45)49-21-12-16-41-15-4-5-17-48(41)49)47-37-53(58-54(38-47)52-20-8-11-24-57(52)61-58)43-29-35-46(36-30-43)60-55-22-9-6-18-50(55)51-19-7-10-23-56(51)60/h1-38H/i1D,2D,3D,4D,5D,12D,13D,14D,15D,16D,17D,21D,25D,26D,27D,28D,31D,32D,33D,34D. The zero-order valence-corrected chi connectivity index (χ0v) is 31.7. The maximum Gasteiger partial charge on any atom is 0.143 e. The first-order chi connectivity index (χ1) is 38.6. The molecule has 3 heteroatoms. The Bertz CT molecular complexity index is 4630. The summed E-state index contributed by atoms with van der Waals surface area (Å²) in [5, 5.41) is 2.06. The Hall–Kier alpha value is -8.14. The molecule has 0 aliphatic rings. The Kier molecular flexibility index (Phi) is 4.74. The normalized spacial score (nSPS) is 16.2. The highest BCUT2D eigenvalue weighted by atomic mass is 16.3. The highest BCUT2D eigenvalue weighted by Crippen LogP contribution is 2.44. The van der Waals surface area contributed by atoms with Crippen molar-refractivity contribution in [3.63, 3.8) is 0 Å². The maximum atomic E-state index is 9.86. The molecule has 0 amide bonds. The topological polar surface area (TPSA) is 21.3 Å². The van der Waals surface area contributed by atoms with Gasteiger partial charge in [0.1, 0.15) is 11.2 Å². The molecule has 0 unspecified atom stereocenters. The first-order valence-electron chi connectivity index (χ1n) is 29.2. The van der Waals surface area contributed by atoms with Gasteiger partial charge < -0.3 is 13.9 Å². The summed E-state index contributed by atoms with van der Waals surface area (Å²) in [6.45, 7) is 0. The van der Waals surface area contributed by atoms with Crippen LogP contribution >= 0.6 is 0 Å². The molecule has 0 aliphatic carbocycles. The molecule has 61 heavy (non-hydrogen) atoms. The number of furan rings is 1. The predicted molar refractivity (Wildman–Crippen MR) is 257 cm³/mol. The summed E-state index contributed by atoms with van der Waals surface area (Å²) in [6, 6.07) is 17.0. The Morgan fingerprint density at radius 3 is 1.70 bits per heavy atom. The van der Waals surface area contributed by atoms with Gasteiger partial charge in [0.15, 0.2) is 0 Å². The molecule has 12 aromatic rings. The fourth-order valence-electron chi connectivity index (χ4n) is 7.98. The number of rotatable bonds is 7. The van der Waals surface area contributed by atoms with Crippen LogP contribution in [0.25, 0.3) is 93.6 Å². The van der Waals surface area contributed by atoms with Crippen LogP contribution in [0.5, 0.6) is 0 Å². The van der Waals surface area contributed by atoms with Gasteiger partial charge in [0.2, 0.25) is 0 Å². The molecule has 0 atom stereocenters. The third-order valence-corrected chi connectivity index (χ3v) is 10.7. The number of nitrogens with zero attached hydrogens (tertiary/aromatic N) is 2. The van der Waals surface area contributed by atoms with Crippen molar-refractivity contribution >= 4 is 71.6 Å². The summed E-state index contributed by atoms with van der Waals surface area (Å²) in [5.41, 5.74) is 0.454. The molecule has 0 N–H and O–H groups in total. The molecule has 0 saturated carbocycles. The SMILES string of the molecule is [2H]c1c([2H])c([2H])c(-c2c([2H])c([2H])c(N(c3cc(-c4ccc(-n5c6ccccc6c6ccccc65)cc4)c4oc5ccccc5c4c3)c3c([2H])c([2H])c(-c4c([2H])c([2H])c([2H])c5c([2H])c([2H])c([2H])c([2H])c45)c([2H])c3[2H])c([2H])c2[2H])c([2H])c1[2H]. The predicted octanol–water partition coefficient (Wildman–Crippen LogP) is 16.3. The second-order valence-electron chi connectivity index (χ2n) is 14.2. The highest BCUT2D eigenvalue weighted by Gasteiger charge is 2.21. The fraction of sp³-hybridized carbons (Fsp3) is 0. The lowest BCUT2D eigenvalue weighted by Crippen LogP contribution is -2.10. The average molecular weight is 799 g/mol. The number of aromatic nitrogens is 1. The van der Waals surface area contributed by atoms with Crippen LogP contribution in [-0.4, -0.2) is 4.57 Å². The molecule has 286 valence electrons. The number of benzene rings is 10. The van der Waals surface area contributed by atoms with Gasteiger partial charge in [-0.05, 0) is 105 Å². The van der Waals surface area contributed by atoms with Crippen molar-refractivity contribution in [3.8, 4) is 39.1 Å². The smallest absolute Gasteiger partial charge is 0.143 e. The molecule has 0 radical (unpaired) electrons. The molecule has 0 saturated heterocycles. The number of anilines is 3. The first-order valence-corrected chi connectivity index (χ1v) is 19.2. The average Bonchev–Trinajstić information content (AvgIpc) is 4.16. The molecule has 2 heterocycles.